The van der Waals surface area contributed by atoms with Crippen molar-refractivity contribution in [2.45, 2.75) is 19.8 Å². The van der Waals surface area contributed by atoms with Crippen molar-refractivity contribution >= 4 is 22.4 Å². The van der Waals surface area contributed by atoms with Gasteiger partial charge in [0.15, 0.2) is 23.2 Å². The summed E-state index contributed by atoms with van der Waals surface area (Å²) in [6, 6.07) is 9.34. The van der Waals surface area contributed by atoms with Crippen molar-refractivity contribution in [3.05, 3.63) is 89.3 Å². The summed E-state index contributed by atoms with van der Waals surface area (Å²) in [4.78, 5) is 0. The van der Waals surface area contributed by atoms with Crippen LogP contribution < -0.4 is 4.74 Å². The molecule has 0 fully saturated rings. The van der Waals surface area contributed by atoms with Crippen molar-refractivity contribution in [3.8, 4) is 5.75 Å². The molecule has 30 heavy (non-hydrogen) atoms. The normalized spacial score (nSPS) is 12.1. The number of rotatable bonds is 7. The second kappa shape index (κ2) is 9.11. The molecule has 0 saturated carbocycles. The van der Waals surface area contributed by atoms with Gasteiger partial charge in [0.25, 0.3) is 0 Å². The third-order valence-corrected chi connectivity index (χ3v) is 4.62. The summed E-state index contributed by atoms with van der Waals surface area (Å²) in [6.07, 6.45) is 3.02. The lowest BCUT2D eigenvalue weighted by atomic mass is 10.0. The molecule has 3 aromatic rings. The molecule has 0 aromatic heterocycles. The van der Waals surface area contributed by atoms with Crippen LogP contribution in [-0.2, 0) is 6.42 Å². The van der Waals surface area contributed by atoms with E-state index in [0.29, 0.717) is 0 Å². The molecule has 0 aliphatic rings. The molecular weight excluding hydrogens is 399 g/mol. The van der Waals surface area contributed by atoms with Crippen LogP contribution in [0.3, 0.4) is 0 Å². The summed E-state index contributed by atoms with van der Waals surface area (Å²) in [7, 11) is 0. The summed E-state index contributed by atoms with van der Waals surface area (Å²) in [5, 5.41) is -0.830. The topological polar surface area (TPSA) is 9.23 Å². The fourth-order valence-corrected chi connectivity index (χ4v) is 3.13. The molecule has 0 aliphatic carbocycles. The molecule has 3 rings (SSSR count). The van der Waals surface area contributed by atoms with Gasteiger partial charge in [0.05, 0.1) is 5.39 Å². The maximum atomic E-state index is 14.9. The average Bonchev–Trinajstić information content (AvgIpc) is 2.75. The summed E-state index contributed by atoms with van der Waals surface area (Å²) in [6.45, 7) is 5.32. The van der Waals surface area contributed by atoms with Gasteiger partial charge in [-0.1, -0.05) is 56.3 Å². The van der Waals surface area contributed by atoms with Crippen LogP contribution in [-0.4, -0.2) is 6.61 Å². The van der Waals surface area contributed by atoms with Crippen LogP contribution in [0.2, 0.25) is 0 Å². The maximum Gasteiger partial charge on any atom is 0.201 e. The molecule has 0 radical (unpaired) electrons. The van der Waals surface area contributed by atoms with E-state index in [9.17, 15) is 22.0 Å². The molecule has 0 N–H and O–H groups in total. The highest BCUT2D eigenvalue weighted by Crippen LogP contribution is 2.36. The Morgan fingerprint density at radius 2 is 1.63 bits per heavy atom. The Morgan fingerprint density at radius 3 is 2.27 bits per heavy atom. The van der Waals surface area contributed by atoms with Gasteiger partial charge >= 0.3 is 0 Å². The molecule has 0 heterocycles. The van der Waals surface area contributed by atoms with E-state index >= 15 is 0 Å². The predicted molar refractivity (Wildman–Crippen MR) is 109 cm³/mol. The van der Waals surface area contributed by atoms with Crippen molar-refractivity contribution in [1.82, 2.24) is 0 Å². The summed E-state index contributed by atoms with van der Waals surface area (Å²) in [5.41, 5.74) is 0.0840. The monoisotopic (exact) mass is 418 g/mol. The first-order chi connectivity index (χ1) is 14.4. The van der Waals surface area contributed by atoms with E-state index in [0.717, 1.165) is 30.5 Å². The molecule has 0 bridgehead atoms. The Morgan fingerprint density at radius 1 is 0.933 bits per heavy atom. The van der Waals surface area contributed by atoms with Gasteiger partial charge < -0.3 is 4.74 Å². The van der Waals surface area contributed by atoms with E-state index < -0.39 is 45.8 Å². The maximum absolute atomic E-state index is 14.9. The van der Waals surface area contributed by atoms with Crippen LogP contribution in [0.4, 0.5) is 22.0 Å². The average molecular weight is 418 g/mol. The molecule has 0 saturated heterocycles. The van der Waals surface area contributed by atoms with Gasteiger partial charge in [0.1, 0.15) is 12.4 Å². The highest BCUT2D eigenvalue weighted by Gasteiger charge is 2.23. The van der Waals surface area contributed by atoms with E-state index in [4.69, 9.17) is 4.74 Å². The van der Waals surface area contributed by atoms with Crippen molar-refractivity contribution in [3.63, 3.8) is 0 Å². The molecule has 3 aromatic carbocycles. The molecule has 0 unspecified atom stereocenters. The van der Waals surface area contributed by atoms with E-state index in [2.05, 4.69) is 6.58 Å². The summed E-state index contributed by atoms with van der Waals surface area (Å²) >= 11 is 0. The number of ether oxygens (including phenoxy) is 1. The minimum absolute atomic E-state index is 0.0497. The smallest absolute Gasteiger partial charge is 0.201 e. The Hall–Kier alpha value is -3.15. The zero-order valence-corrected chi connectivity index (χ0v) is 16.2. The van der Waals surface area contributed by atoms with Crippen LogP contribution in [0.15, 0.2) is 55.1 Å². The zero-order valence-electron chi connectivity index (χ0n) is 16.2. The predicted octanol–water partition coefficient (Wildman–Crippen LogP) is 7.54. The molecule has 156 valence electrons. The zero-order chi connectivity index (χ0) is 21.8. The third kappa shape index (κ3) is 4.08. The van der Waals surface area contributed by atoms with Crippen molar-refractivity contribution < 1.29 is 26.7 Å². The van der Waals surface area contributed by atoms with Gasteiger partial charge in [-0.05, 0) is 29.5 Å². The van der Waals surface area contributed by atoms with Crippen molar-refractivity contribution in [2.24, 2.45) is 0 Å². The first kappa shape index (κ1) is 21.6. The van der Waals surface area contributed by atoms with Gasteiger partial charge in [-0.2, -0.15) is 4.39 Å². The highest BCUT2D eigenvalue weighted by molar-refractivity contribution is 5.91. The Balaban J connectivity index is 2.09. The van der Waals surface area contributed by atoms with E-state index in [1.54, 1.807) is 12.1 Å². The quantitative estimate of drug-likeness (QED) is 0.219. The van der Waals surface area contributed by atoms with Crippen molar-refractivity contribution in [2.75, 3.05) is 6.61 Å². The number of fused-ring (bicyclic) bond motifs is 1. The van der Waals surface area contributed by atoms with Gasteiger partial charge in [-0.3, -0.25) is 0 Å². The van der Waals surface area contributed by atoms with Gasteiger partial charge in [0.2, 0.25) is 5.82 Å². The van der Waals surface area contributed by atoms with Crippen LogP contribution in [0.25, 0.3) is 22.4 Å². The molecule has 0 aliphatic heterocycles. The van der Waals surface area contributed by atoms with Crippen molar-refractivity contribution in [1.29, 1.82) is 0 Å². The lowest BCUT2D eigenvalue weighted by Gasteiger charge is -2.11. The largest absolute Gasteiger partial charge is 0.486 e. The third-order valence-electron chi connectivity index (χ3n) is 4.62. The SMILES string of the molecule is C=CCOc1cc2ccc(C(F)=C(F)c3ccc(CCC)cc3)c(F)c2c(F)c1F. The van der Waals surface area contributed by atoms with Crippen LogP contribution in [0.5, 0.6) is 5.75 Å². The number of halogens is 5. The second-order valence-corrected chi connectivity index (χ2v) is 6.70. The van der Waals surface area contributed by atoms with Crippen LogP contribution >= 0.6 is 0 Å². The lowest BCUT2D eigenvalue weighted by Crippen LogP contribution is -2.01. The van der Waals surface area contributed by atoms with Gasteiger partial charge in [-0.15, -0.1) is 0 Å². The number of hydrogen-bond donors (Lipinski definition) is 0. The number of aryl methyl sites for hydroxylation is 1. The Kier molecular flexibility index (Phi) is 6.55. The second-order valence-electron chi connectivity index (χ2n) is 6.70. The first-order valence-electron chi connectivity index (χ1n) is 9.37. The fourth-order valence-electron chi connectivity index (χ4n) is 3.13. The molecule has 6 heteroatoms. The van der Waals surface area contributed by atoms with E-state index in [1.165, 1.54) is 24.3 Å². The number of benzene rings is 3. The summed E-state index contributed by atoms with van der Waals surface area (Å²) in [5.74, 6) is -7.57. The van der Waals surface area contributed by atoms with Gasteiger partial charge in [-0.25, -0.2) is 17.6 Å². The Labute approximate surface area is 171 Å². The molecule has 0 atom stereocenters. The first-order valence-corrected chi connectivity index (χ1v) is 9.37. The Bertz CT molecular complexity index is 1120. The minimum Gasteiger partial charge on any atom is -0.486 e. The molecule has 1 nitrogen and oxygen atoms in total. The lowest BCUT2D eigenvalue weighted by molar-refractivity contribution is 0.334. The molecular formula is C24H19F5O. The van der Waals surface area contributed by atoms with E-state index in [1.807, 2.05) is 6.92 Å². The van der Waals surface area contributed by atoms with Crippen LogP contribution in [0, 0.1) is 17.5 Å². The highest BCUT2D eigenvalue weighted by atomic mass is 19.2. The standard InChI is InChI=1S/C24H19F5O/c1-3-5-14-6-8-15(9-7-14)20(25)22(27)17-11-10-16-13-18(30-12-4-2)23(28)24(29)19(16)21(17)26/h4,6-11,13H,2-3,5,12H2,1H3. The number of hydrogen-bond acceptors (Lipinski definition) is 1. The summed E-state index contributed by atoms with van der Waals surface area (Å²) < 4.78 is 78.0. The van der Waals surface area contributed by atoms with Gasteiger partial charge in [0, 0.05) is 11.1 Å². The van der Waals surface area contributed by atoms with Crippen LogP contribution in [0.1, 0.15) is 30.0 Å². The fraction of sp³-hybridized carbons (Fsp3) is 0.167. The molecule has 0 spiro atoms. The molecule has 0 amide bonds. The van der Waals surface area contributed by atoms with E-state index in [-0.39, 0.29) is 17.6 Å². The minimum atomic E-state index is -1.54.